The molecule has 9 nitrogen and oxygen atoms in total. The van der Waals surface area contributed by atoms with Crippen molar-refractivity contribution in [2.75, 3.05) is 5.32 Å². The Morgan fingerprint density at radius 1 is 1.17 bits per heavy atom. The third kappa shape index (κ3) is 4.77. The van der Waals surface area contributed by atoms with Gasteiger partial charge < -0.3 is 5.32 Å². The van der Waals surface area contributed by atoms with E-state index in [1.807, 2.05) is 61.8 Å². The molecule has 1 aromatic carbocycles. The number of allylic oxidation sites excluding steroid dienone is 3. The molecule has 3 heterocycles. The number of carbonyl (C=O) groups excluding carboxylic acids is 1. The summed E-state index contributed by atoms with van der Waals surface area (Å²) in [5.41, 5.74) is 4.89. The van der Waals surface area contributed by atoms with Crippen molar-refractivity contribution in [3.05, 3.63) is 83.2 Å². The summed E-state index contributed by atoms with van der Waals surface area (Å²) in [7, 11) is 0. The number of nitrogens with one attached hydrogen (secondary N) is 1. The van der Waals surface area contributed by atoms with Gasteiger partial charge in [0, 0.05) is 11.4 Å². The second kappa shape index (κ2) is 9.57. The number of anilines is 1. The Hall–Kier alpha value is -4.84. The molecule has 1 N–H and O–H groups in total. The Kier molecular flexibility index (Phi) is 6.38. The van der Waals surface area contributed by atoms with Gasteiger partial charge in [-0.1, -0.05) is 11.6 Å². The summed E-state index contributed by atoms with van der Waals surface area (Å²) in [6, 6.07) is 12.9. The molecule has 4 aromatic rings. The van der Waals surface area contributed by atoms with E-state index < -0.39 is 0 Å². The minimum Gasteiger partial charge on any atom is -0.340 e. The summed E-state index contributed by atoms with van der Waals surface area (Å²) in [5.74, 6) is 1.38. The highest BCUT2D eigenvalue weighted by Gasteiger charge is 2.17. The van der Waals surface area contributed by atoms with Gasteiger partial charge in [0.1, 0.15) is 24.0 Å². The predicted molar refractivity (Wildman–Crippen MR) is 136 cm³/mol. The monoisotopic (exact) mass is 464 g/mol. The van der Waals surface area contributed by atoms with Gasteiger partial charge in [0.05, 0.1) is 16.6 Å². The lowest BCUT2D eigenvalue weighted by Gasteiger charge is -2.12. The van der Waals surface area contributed by atoms with E-state index >= 15 is 0 Å². The predicted octanol–water partition coefficient (Wildman–Crippen LogP) is 4.91. The van der Waals surface area contributed by atoms with Crippen LogP contribution < -0.4 is 5.32 Å². The van der Waals surface area contributed by atoms with Crippen molar-refractivity contribution in [3.8, 4) is 17.7 Å². The normalized spacial score (nSPS) is 11.2. The average Bonchev–Trinajstić information content (AvgIpc) is 3.44. The first kappa shape index (κ1) is 23.3. The molecule has 0 aliphatic carbocycles. The maximum atomic E-state index is 12.3. The second-order valence-corrected chi connectivity index (χ2v) is 8.19. The van der Waals surface area contributed by atoms with Crippen LogP contribution in [0.5, 0.6) is 0 Å². The Morgan fingerprint density at radius 3 is 2.63 bits per heavy atom. The lowest BCUT2D eigenvalue weighted by Crippen LogP contribution is -2.11. The van der Waals surface area contributed by atoms with Crippen molar-refractivity contribution in [3.63, 3.8) is 0 Å². The van der Waals surface area contributed by atoms with Crippen molar-refractivity contribution in [2.45, 2.75) is 27.7 Å². The van der Waals surface area contributed by atoms with E-state index in [1.165, 1.54) is 11.6 Å². The molecule has 3 aromatic heterocycles. The molecule has 35 heavy (non-hydrogen) atoms. The van der Waals surface area contributed by atoms with Gasteiger partial charge in [-0.2, -0.15) is 10.4 Å². The number of hydrogen-bond donors (Lipinski definition) is 1. The topological polar surface area (TPSA) is 114 Å². The van der Waals surface area contributed by atoms with Crippen molar-refractivity contribution in [2.24, 2.45) is 4.99 Å². The van der Waals surface area contributed by atoms with Crippen molar-refractivity contribution in [1.82, 2.24) is 24.3 Å². The van der Waals surface area contributed by atoms with Gasteiger partial charge in [0.2, 0.25) is 0 Å². The molecule has 0 fully saturated rings. The van der Waals surface area contributed by atoms with Crippen molar-refractivity contribution in [1.29, 1.82) is 5.26 Å². The molecule has 0 atom stereocenters. The van der Waals surface area contributed by atoms with E-state index in [4.69, 9.17) is 4.98 Å². The van der Waals surface area contributed by atoms with E-state index in [-0.39, 0.29) is 11.5 Å². The Labute approximate surface area is 202 Å². The molecular formula is C26H24N8O. The number of aliphatic imine (C=N–C) groups is 1. The third-order valence-electron chi connectivity index (χ3n) is 5.25. The number of nitriles is 1. The number of ketones is 1. The van der Waals surface area contributed by atoms with E-state index in [2.05, 4.69) is 27.1 Å². The van der Waals surface area contributed by atoms with E-state index in [0.29, 0.717) is 28.7 Å². The number of fused-ring (bicyclic) bond motifs is 1. The summed E-state index contributed by atoms with van der Waals surface area (Å²) >= 11 is 0. The molecule has 0 saturated carbocycles. The SMILES string of the molecule is C=N/C(=C\C=C(C)C)Nc1ccc2ncn(-c3ccc(C(C)=O)c(-n4nc(C#N)cc4C)n3)c2c1. The quantitative estimate of drug-likeness (QED) is 0.236. The zero-order valence-corrected chi connectivity index (χ0v) is 19.9. The fourth-order valence-corrected chi connectivity index (χ4v) is 3.55. The Balaban J connectivity index is 1.81. The summed E-state index contributed by atoms with van der Waals surface area (Å²) in [6.45, 7) is 10.9. The van der Waals surface area contributed by atoms with Crippen molar-refractivity contribution >= 4 is 29.2 Å². The van der Waals surface area contributed by atoms with Crippen LogP contribution in [0.2, 0.25) is 0 Å². The molecule has 9 heteroatoms. The second-order valence-electron chi connectivity index (χ2n) is 8.19. The van der Waals surface area contributed by atoms with Gasteiger partial charge in [-0.3, -0.25) is 9.36 Å². The first-order valence-corrected chi connectivity index (χ1v) is 10.9. The number of aryl methyl sites for hydroxylation is 1. The smallest absolute Gasteiger partial charge is 0.166 e. The zero-order chi connectivity index (χ0) is 25.1. The standard InChI is InChI=1S/C26H24N8O/c1-16(2)6-10-24(28-5)30-19-7-9-22-23(13-19)33(15-29-22)25-11-8-21(18(4)35)26(31-25)34-17(3)12-20(14-27)32-34/h6-13,15,30H,5H2,1-4H3/b24-10+. The lowest BCUT2D eigenvalue weighted by atomic mass is 10.2. The minimum absolute atomic E-state index is 0.151. The highest BCUT2D eigenvalue weighted by atomic mass is 16.1. The molecule has 0 bridgehead atoms. The highest BCUT2D eigenvalue weighted by molar-refractivity contribution is 5.97. The number of rotatable bonds is 7. The summed E-state index contributed by atoms with van der Waals surface area (Å²) in [5, 5.41) is 16.8. The highest BCUT2D eigenvalue weighted by Crippen LogP contribution is 2.24. The van der Waals surface area contributed by atoms with Crippen LogP contribution in [-0.2, 0) is 0 Å². The first-order valence-electron chi connectivity index (χ1n) is 10.9. The fraction of sp³-hybridized carbons (Fsp3) is 0.154. The molecule has 4 rings (SSSR count). The van der Waals surface area contributed by atoms with Crippen LogP contribution in [0.4, 0.5) is 5.69 Å². The fourth-order valence-electron chi connectivity index (χ4n) is 3.55. The molecule has 0 spiro atoms. The number of Topliss-reactive ketones (excluding diaryl/α,β-unsaturated/α-hetero) is 1. The molecule has 174 valence electrons. The van der Waals surface area contributed by atoms with Crippen LogP contribution in [0.3, 0.4) is 0 Å². The van der Waals surface area contributed by atoms with E-state index in [1.54, 1.807) is 24.5 Å². The van der Waals surface area contributed by atoms with Gasteiger partial charge in [-0.25, -0.2) is 19.6 Å². The summed E-state index contributed by atoms with van der Waals surface area (Å²) < 4.78 is 3.35. The number of hydrogen-bond acceptors (Lipinski definition) is 7. The number of pyridine rings is 1. The zero-order valence-electron chi connectivity index (χ0n) is 19.9. The largest absolute Gasteiger partial charge is 0.340 e. The van der Waals surface area contributed by atoms with Gasteiger partial charge in [0.25, 0.3) is 0 Å². The van der Waals surface area contributed by atoms with Gasteiger partial charge in [-0.05, 0) is 76.9 Å². The number of benzene rings is 1. The van der Waals surface area contributed by atoms with Crippen molar-refractivity contribution < 1.29 is 4.79 Å². The number of carbonyl (C=O) groups is 1. The molecule has 0 aliphatic rings. The number of nitrogens with zero attached hydrogens (tertiary/aromatic N) is 7. The maximum absolute atomic E-state index is 12.3. The van der Waals surface area contributed by atoms with Crippen LogP contribution in [0.1, 0.15) is 42.5 Å². The van der Waals surface area contributed by atoms with Gasteiger partial charge >= 0.3 is 0 Å². The van der Waals surface area contributed by atoms with E-state index in [9.17, 15) is 10.1 Å². The summed E-state index contributed by atoms with van der Waals surface area (Å²) in [6.07, 6.45) is 5.49. The average molecular weight is 465 g/mol. The van der Waals surface area contributed by atoms with Crippen LogP contribution in [0.15, 0.2) is 71.3 Å². The number of aromatic nitrogens is 5. The maximum Gasteiger partial charge on any atom is 0.166 e. The lowest BCUT2D eigenvalue weighted by molar-refractivity contribution is 0.101. The van der Waals surface area contributed by atoms with Crippen LogP contribution >= 0.6 is 0 Å². The molecule has 0 aliphatic heterocycles. The molecular weight excluding hydrogens is 440 g/mol. The number of imidazole rings is 1. The summed E-state index contributed by atoms with van der Waals surface area (Å²) in [4.78, 5) is 25.6. The Morgan fingerprint density at radius 2 is 1.97 bits per heavy atom. The minimum atomic E-state index is -0.151. The third-order valence-corrected chi connectivity index (χ3v) is 5.25. The molecule has 0 saturated heterocycles. The van der Waals surface area contributed by atoms with Crippen LogP contribution in [-0.4, -0.2) is 36.8 Å². The molecule has 0 amide bonds. The van der Waals surface area contributed by atoms with E-state index in [0.717, 1.165) is 22.3 Å². The van der Waals surface area contributed by atoms with Gasteiger partial charge in [0.15, 0.2) is 17.3 Å². The molecule has 0 unspecified atom stereocenters. The Bertz CT molecular complexity index is 1560. The van der Waals surface area contributed by atoms with Gasteiger partial charge in [-0.15, -0.1) is 0 Å². The van der Waals surface area contributed by atoms with Crippen LogP contribution in [0, 0.1) is 18.3 Å². The first-order chi connectivity index (χ1) is 16.8. The van der Waals surface area contributed by atoms with Crippen LogP contribution in [0.25, 0.3) is 22.7 Å². The molecule has 0 radical (unpaired) electrons.